The predicted molar refractivity (Wildman–Crippen MR) is 64.0 cm³/mol. The van der Waals surface area contributed by atoms with Crippen LogP contribution in [-0.2, 0) is 0 Å². The summed E-state index contributed by atoms with van der Waals surface area (Å²) in [6.45, 7) is 6.79. The molecule has 0 aromatic heterocycles. The van der Waals surface area contributed by atoms with E-state index in [4.69, 9.17) is 0 Å². The molecule has 0 atom stereocenters. The number of hydrogen-bond donors (Lipinski definition) is 2. The molecular weight excluding hydrogens is 188 g/mol. The summed E-state index contributed by atoms with van der Waals surface area (Å²) < 4.78 is 0. The normalized spacial score (nSPS) is 25.6. The van der Waals surface area contributed by atoms with Crippen LogP contribution < -0.4 is 5.32 Å². The molecule has 2 N–H and O–H groups in total. The van der Waals surface area contributed by atoms with Crippen LogP contribution >= 0.6 is 0 Å². The maximum atomic E-state index is 9.18. The van der Waals surface area contributed by atoms with Crippen molar-refractivity contribution in [2.75, 3.05) is 33.2 Å². The van der Waals surface area contributed by atoms with Crippen LogP contribution in [0.25, 0.3) is 0 Å². The van der Waals surface area contributed by atoms with Gasteiger partial charge in [0.2, 0.25) is 0 Å². The van der Waals surface area contributed by atoms with E-state index in [1.807, 2.05) is 0 Å². The van der Waals surface area contributed by atoms with Crippen LogP contribution in [0, 0.1) is 5.92 Å². The Hall–Kier alpha value is -0.120. The van der Waals surface area contributed by atoms with E-state index in [1.165, 1.54) is 19.4 Å². The molecule has 1 rings (SSSR count). The van der Waals surface area contributed by atoms with E-state index < -0.39 is 0 Å². The molecule has 90 valence electrons. The summed E-state index contributed by atoms with van der Waals surface area (Å²) in [6, 6.07) is 0. The SMILES string of the molecule is CCCNCCCN(C)CC1CC(O)C1. The molecule has 0 spiro atoms. The van der Waals surface area contributed by atoms with E-state index in [0.717, 1.165) is 38.4 Å². The van der Waals surface area contributed by atoms with Gasteiger partial charge in [-0.15, -0.1) is 0 Å². The van der Waals surface area contributed by atoms with E-state index >= 15 is 0 Å². The summed E-state index contributed by atoms with van der Waals surface area (Å²) in [5.41, 5.74) is 0. The first kappa shape index (κ1) is 12.9. The quantitative estimate of drug-likeness (QED) is 0.594. The molecule has 0 aliphatic heterocycles. The van der Waals surface area contributed by atoms with Crippen molar-refractivity contribution in [2.24, 2.45) is 5.92 Å². The smallest absolute Gasteiger partial charge is 0.0546 e. The zero-order valence-corrected chi connectivity index (χ0v) is 10.2. The molecule has 0 amide bonds. The third-order valence-corrected chi connectivity index (χ3v) is 3.10. The molecule has 0 aromatic rings. The van der Waals surface area contributed by atoms with Crippen molar-refractivity contribution < 1.29 is 5.11 Å². The van der Waals surface area contributed by atoms with Crippen molar-refractivity contribution >= 4 is 0 Å². The van der Waals surface area contributed by atoms with Gasteiger partial charge in [0.15, 0.2) is 0 Å². The first-order valence-corrected chi connectivity index (χ1v) is 6.29. The van der Waals surface area contributed by atoms with Gasteiger partial charge < -0.3 is 15.3 Å². The number of rotatable bonds is 8. The molecule has 1 aliphatic rings. The molecule has 0 aromatic carbocycles. The summed E-state index contributed by atoms with van der Waals surface area (Å²) in [6.07, 6.45) is 4.47. The third-order valence-electron chi connectivity index (χ3n) is 3.10. The lowest BCUT2D eigenvalue weighted by atomic mass is 9.82. The van der Waals surface area contributed by atoms with Crippen molar-refractivity contribution in [1.82, 2.24) is 10.2 Å². The zero-order valence-electron chi connectivity index (χ0n) is 10.2. The zero-order chi connectivity index (χ0) is 11.1. The van der Waals surface area contributed by atoms with Gasteiger partial charge in [-0.2, -0.15) is 0 Å². The van der Waals surface area contributed by atoms with Crippen LogP contribution in [0.15, 0.2) is 0 Å². The first-order valence-electron chi connectivity index (χ1n) is 6.29. The van der Waals surface area contributed by atoms with Crippen molar-refractivity contribution in [3.8, 4) is 0 Å². The standard InChI is InChI=1S/C12H26N2O/c1-3-5-13-6-4-7-14(2)10-11-8-12(15)9-11/h11-13,15H,3-10H2,1-2H3. The molecule has 0 heterocycles. The molecule has 1 saturated carbocycles. The Balaban J connectivity index is 1.87. The highest BCUT2D eigenvalue weighted by molar-refractivity contribution is 4.80. The lowest BCUT2D eigenvalue weighted by Gasteiger charge is -2.34. The molecule has 3 heteroatoms. The summed E-state index contributed by atoms with van der Waals surface area (Å²) >= 11 is 0. The highest BCUT2D eigenvalue weighted by Crippen LogP contribution is 2.27. The van der Waals surface area contributed by atoms with Gasteiger partial charge in [-0.25, -0.2) is 0 Å². The third kappa shape index (κ3) is 5.50. The molecule has 1 aliphatic carbocycles. The van der Waals surface area contributed by atoms with E-state index in [2.05, 4.69) is 24.2 Å². The van der Waals surface area contributed by atoms with Crippen LogP contribution in [0.1, 0.15) is 32.6 Å². The average molecular weight is 214 g/mol. The van der Waals surface area contributed by atoms with Crippen LogP contribution in [0.4, 0.5) is 0 Å². The topological polar surface area (TPSA) is 35.5 Å². The van der Waals surface area contributed by atoms with Crippen LogP contribution in [0.5, 0.6) is 0 Å². The van der Waals surface area contributed by atoms with Crippen LogP contribution in [-0.4, -0.2) is 49.3 Å². The largest absolute Gasteiger partial charge is 0.393 e. The molecule has 0 unspecified atom stereocenters. The Morgan fingerprint density at radius 3 is 2.67 bits per heavy atom. The summed E-state index contributed by atoms with van der Waals surface area (Å²) in [5, 5.41) is 12.6. The van der Waals surface area contributed by atoms with Gasteiger partial charge in [0.05, 0.1) is 6.10 Å². The molecule has 3 nitrogen and oxygen atoms in total. The second kappa shape index (κ2) is 7.20. The molecule has 0 saturated heterocycles. The molecule has 0 radical (unpaired) electrons. The van der Waals surface area contributed by atoms with E-state index in [1.54, 1.807) is 0 Å². The first-order chi connectivity index (χ1) is 7.22. The number of aliphatic hydroxyl groups excluding tert-OH is 1. The predicted octanol–water partition coefficient (Wildman–Crippen LogP) is 1.08. The Bertz CT molecular complexity index is 158. The molecule has 15 heavy (non-hydrogen) atoms. The lowest BCUT2D eigenvalue weighted by molar-refractivity contribution is 0.0283. The van der Waals surface area contributed by atoms with Gasteiger partial charge in [-0.3, -0.25) is 0 Å². The summed E-state index contributed by atoms with van der Waals surface area (Å²) in [5.74, 6) is 0.744. The maximum Gasteiger partial charge on any atom is 0.0546 e. The highest BCUT2D eigenvalue weighted by Gasteiger charge is 2.27. The number of hydrogen-bond acceptors (Lipinski definition) is 3. The molecule has 1 fully saturated rings. The minimum Gasteiger partial charge on any atom is -0.393 e. The van der Waals surface area contributed by atoms with Gasteiger partial charge in [0.25, 0.3) is 0 Å². The minimum atomic E-state index is -0.00498. The Morgan fingerprint density at radius 2 is 2.07 bits per heavy atom. The Morgan fingerprint density at radius 1 is 1.33 bits per heavy atom. The summed E-state index contributed by atoms with van der Waals surface area (Å²) in [7, 11) is 2.19. The van der Waals surface area contributed by atoms with Gasteiger partial charge in [0.1, 0.15) is 0 Å². The van der Waals surface area contributed by atoms with E-state index in [9.17, 15) is 5.11 Å². The van der Waals surface area contributed by atoms with Gasteiger partial charge in [-0.05, 0) is 58.3 Å². The van der Waals surface area contributed by atoms with Gasteiger partial charge in [0, 0.05) is 6.54 Å². The fourth-order valence-corrected chi connectivity index (χ4v) is 2.16. The fraction of sp³-hybridized carbons (Fsp3) is 1.00. The summed E-state index contributed by atoms with van der Waals surface area (Å²) in [4.78, 5) is 2.39. The van der Waals surface area contributed by atoms with Crippen molar-refractivity contribution in [2.45, 2.75) is 38.7 Å². The highest BCUT2D eigenvalue weighted by atomic mass is 16.3. The van der Waals surface area contributed by atoms with Crippen molar-refractivity contribution in [3.63, 3.8) is 0 Å². The van der Waals surface area contributed by atoms with Gasteiger partial charge in [-0.1, -0.05) is 6.92 Å². The van der Waals surface area contributed by atoms with E-state index in [0.29, 0.717) is 0 Å². The monoisotopic (exact) mass is 214 g/mol. The van der Waals surface area contributed by atoms with Gasteiger partial charge >= 0.3 is 0 Å². The molecular formula is C12H26N2O. The fourth-order valence-electron chi connectivity index (χ4n) is 2.16. The van der Waals surface area contributed by atoms with E-state index in [-0.39, 0.29) is 6.10 Å². The number of nitrogens with one attached hydrogen (secondary N) is 1. The number of nitrogens with zero attached hydrogens (tertiary/aromatic N) is 1. The molecule has 0 bridgehead atoms. The van der Waals surface area contributed by atoms with Crippen molar-refractivity contribution in [3.05, 3.63) is 0 Å². The second-order valence-corrected chi connectivity index (χ2v) is 4.86. The Kier molecular flexibility index (Phi) is 6.22. The van der Waals surface area contributed by atoms with Crippen LogP contribution in [0.3, 0.4) is 0 Å². The minimum absolute atomic E-state index is 0.00498. The van der Waals surface area contributed by atoms with Crippen LogP contribution in [0.2, 0.25) is 0 Å². The Labute approximate surface area is 93.9 Å². The second-order valence-electron chi connectivity index (χ2n) is 4.86. The maximum absolute atomic E-state index is 9.18. The average Bonchev–Trinajstić information content (AvgIpc) is 2.15. The number of aliphatic hydroxyl groups is 1. The lowest BCUT2D eigenvalue weighted by Crippen LogP contribution is -2.37. The van der Waals surface area contributed by atoms with Crippen molar-refractivity contribution in [1.29, 1.82) is 0 Å².